The highest BCUT2D eigenvalue weighted by molar-refractivity contribution is 5.68. The van der Waals surface area contributed by atoms with Crippen molar-refractivity contribution in [2.75, 3.05) is 0 Å². The second-order valence-corrected chi connectivity index (χ2v) is 7.40. The van der Waals surface area contributed by atoms with Crippen LogP contribution in [0.5, 0.6) is 0 Å². The van der Waals surface area contributed by atoms with Gasteiger partial charge in [-0.1, -0.05) is 51.1 Å². The van der Waals surface area contributed by atoms with Gasteiger partial charge in [0.25, 0.3) is 11.1 Å². The van der Waals surface area contributed by atoms with Crippen LogP contribution in [-0.2, 0) is 5.41 Å². The zero-order chi connectivity index (χ0) is 22.3. The van der Waals surface area contributed by atoms with Crippen LogP contribution in [0.4, 0.5) is 13.2 Å². The van der Waals surface area contributed by atoms with Crippen LogP contribution < -0.4 is 21.8 Å². The van der Waals surface area contributed by atoms with Gasteiger partial charge in [-0.2, -0.15) is 13.2 Å². The number of hydrogen-bond acceptors (Lipinski definition) is 3. The number of halogens is 3. The van der Waals surface area contributed by atoms with Gasteiger partial charge in [0.05, 0.1) is 19.0 Å². The molecule has 2 heterocycles. The molecule has 0 unspecified atom stereocenters. The van der Waals surface area contributed by atoms with E-state index >= 15 is 0 Å². The van der Waals surface area contributed by atoms with E-state index in [2.05, 4.69) is 15.0 Å². The number of imidazole rings is 1. The molecule has 152 valence electrons. The topological polar surface area (TPSA) is 94.4 Å². The molecule has 0 radical (unpaired) electrons. The van der Waals surface area contributed by atoms with Crippen molar-refractivity contribution in [2.45, 2.75) is 32.4 Å². The molecule has 0 bridgehead atoms. The van der Waals surface area contributed by atoms with E-state index < -0.39 is 45.0 Å². The Balaban J connectivity index is 2.39. The minimum absolute atomic E-state index is 0.125. The number of aromatic amines is 3. The number of aromatic nitrogens is 4. The molecule has 3 rings (SSSR count). The van der Waals surface area contributed by atoms with Gasteiger partial charge < -0.3 is 15.0 Å². The van der Waals surface area contributed by atoms with Crippen LogP contribution in [0.25, 0.3) is 11.6 Å². The normalized spacial score (nSPS) is 15.0. The summed E-state index contributed by atoms with van der Waals surface area (Å²) in [6, 6.07) is 6.29. The molecule has 0 saturated carbocycles. The maximum absolute atomic E-state index is 13.7. The van der Waals surface area contributed by atoms with E-state index in [0.717, 1.165) is 0 Å². The summed E-state index contributed by atoms with van der Waals surface area (Å²) in [4.78, 5) is 36.2. The average Bonchev–Trinajstić information content (AvgIpc) is 3.14. The van der Waals surface area contributed by atoms with E-state index in [1.54, 1.807) is 0 Å². The fourth-order valence-electron chi connectivity index (χ4n) is 2.86. The highest BCUT2D eigenvalue weighted by atomic mass is 19.4. The fourth-order valence-corrected chi connectivity index (χ4v) is 2.86. The molecule has 2 aromatic heterocycles. The lowest BCUT2D eigenvalue weighted by molar-refractivity contribution is -0.0696. The number of nitrogens with zero attached hydrogens (tertiary/aromatic N) is 1. The molecule has 0 amide bonds. The first kappa shape index (κ1) is 19.0. The van der Waals surface area contributed by atoms with E-state index in [1.165, 1.54) is 36.7 Å². The fraction of sp³-hybridized carbons (Fsp3) is 0.250. The average molecular weight is 405 g/mol. The Morgan fingerprint density at radius 2 is 1.72 bits per heavy atom. The lowest BCUT2D eigenvalue weighted by Gasteiger charge is -2.16. The number of H-pyrrole nitrogens is 3. The van der Waals surface area contributed by atoms with Gasteiger partial charge in [-0.05, 0) is 11.6 Å². The molecule has 0 spiro atoms. The number of benzene rings is 1. The van der Waals surface area contributed by atoms with Crippen LogP contribution in [0.15, 0.2) is 46.2 Å². The Morgan fingerprint density at radius 3 is 2.31 bits per heavy atom. The summed E-state index contributed by atoms with van der Waals surface area (Å²) < 4.78 is 49.4. The number of alkyl halides is 3. The summed E-state index contributed by atoms with van der Waals surface area (Å²) in [5.41, 5.74) is -3.52. The van der Waals surface area contributed by atoms with Crippen molar-refractivity contribution in [3.63, 3.8) is 0 Å². The minimum atomic E-state index is -4.89. The Morgan fingerprint density at radius 1 is 1.07 bits per heavy atom. The van der Waals surface area contributed by atoms with Crippen LogP contribution in [0.3, 0.4) is 0 Å². The van der Waals surface area contributed by atoms with Crippen LogP contribution in [0.1, 0.15) is 39.1 Å². The van der Waals surface area contributed by atoms with Gasteiger partial charge >= 0.3 is 6.18 Å². The van der Waals surface area contributed by atoms with Crippen molar-refractivity contribution in [1.82, 2.24) is 19.9 Å². The maximum atomic E-state index is 13.7. The minimum Gasteiger partial charge on any atom is -0.348 e. The van der Waals surface area contributed by atoms with Gasteiger partial charge in [-0.3, -0.25) is 9.59 Å². The predicted octanol–water partition coefficient (Wildman–Crippen LogP) is 1.67. The third-order valence-corrected chi connectivity index (χ3v) is 4.16. The number of nitrogens with one attached hydrogen (secondary N) is 3. The lowest BCUT2D eigenvalue weighted by atomic mass is 9.90. The summed E-state index contributed by atoms with van der Waals surface area (Å²) in [6.45, 7) is 5.58. The molecule has 9 heteroatoms. The summed E-state index contributed by atoms with van der Waals surface area (Å²) in [6.07, 6.45) is -3.55. The highest BCUT2D eigenvalue weighted by Crippen LogP contribution is 2.30. The monoisotopic (exact) mass is 405 g/mol. The first-order valence-electron chi connectivity index (χ1n) is 9.16. The molecular weight excluding hydrogens is 385 g/mol. The zero-order valence-corrected chi connectivity index (χ0v) is 15.9. The molecule has 0 atom stereocenters. The third kappa shape index (κ3) is 4.23. The zero-order valence-electron chi connectivity index (χ0n) is 16.9. The molecule has 0 fully saturated rings. The van der Waals surface area contributed by atoms with Crippen molar-refractivity contribution in [3.8, 4) is 0 Å². The van der Waals surface area contributed by atoms with Crippen molar-refractivity contribution in [1.29, 1.82) is 0 Å². The molecule has 6 nitrogen and oxygen atoms in total. The molecule has 0 aliphatic heterocycles. The van der Waals surface area contributed by atoms with E-state index in [4.69, 9.17) is 1.37 Å². The predicted molar refractivity (Wildman–Crippen MR) is 103 cm³/mol. The van der Waals surface area contributed by atoms with Gasteiger partial charge in [0.1, 0.15) is 10.7 Å². The van der Waals surface area contributed by atoms with Gasteiger partial charge in [0, 0.05) is 11.1 Å². The first-order valence-corrected chi connectivity index (χ1v) is 8.66. The maximum Gasteiger partial charge on any atom is 0.419 e. The molecule has 3 aromatic rings. The molecule has 1 aromatic carbocycles. The molecule has 0 saturated heterocycles. The summed E-state index contributed by atoms with van der Waals surface area (Å²) >= 11 is 0. The largest absolute Gasteiger partial charge is 0.419 e. The van der Waals surface area contributed by atoms with E-state index in [-0.39, 0.29) is 11.3 Å². The molecule has 3 N–H and O–H groups in total. The van der Waals surface area contributed by atoms with Crippen LogP contribution in [0, 0.1) is 0 Å². The van der Waals surface area contributed by atoms with E-state index in [9.17, 15) is 22.8 Å². The SMILES string of the molecule is [2H]C(c1nc[nH]c1C(C)(C)C)=c1[nH]c(=O)c(=C(c2ccccc2)C(F)(F)F)[nH]c1=O. The highest BCUT2D eigenvalue weighted by Gasteiger charge is 2.36. The van der Waals surface area contributed by atoms with Gasteiger partial charge in [-0.15, -0.1) is 0 Å². The second-order valence-electron chi connectivity index (χ2n) is 7.40. The Bertz CT molecular complexity index is 1310. The van der Waals surface area contributed by atoms with E-state index in [1.807, 2.05) is 25.8 Å². The molecule has 0 aliphatic rings. The van der Waals surface area contributed by atoms with Crippen molar-refractivity contribution in [3.05, 3.63) is 85.0 Å². The molecule has 0 aliphatic carbocycles. The van der Waals surface area contributed by atoms with E-state index in [0.29, 0.717) is 5.69 Å². The summed E-state index contributed by atoms with van der Waals surface area (Å²) in [5, 5.41) is -1.40. The van der Waals surface area contributed by atoms with Crippen molar-refractivity contribution >= 4 is 11.6 Å². The van der Waals surface area contributed by atoms with Gasteiger partial charge in [-0.25, -0.2) is 4.98 Å². The molecular formula is C20H19F3N4O2. The summed E-state index contributed by atoms with van der Waals surface area (Å²) in [7, 11) is 0. The van der Waals surface area contributed by atoms with Crippen LogP contribution in [0.2, 0.25) is 0 Å². The Hall–Kier alpha value is -3.36. The standard InChI is InChI=1S/C20H19F3N4O2/c1-19(2,3)16-12(24-10-25-16)9-13-17(28)27-15(18(29)26-13)14(20(21,22)23)11-7-5-4-6-8-11/h4-10H,1-3H3,(H,24,25)(H,26,29)(H,27,28)/i9D. The van der Waals surface area contributed by atoms with Crippen LogP contribution >= 0.6 is 0 Å². The first-order chi connectivity index (χ1) is 13.9. The smallest absolute Gasteiger partial charge is 0.348 e. The quantitative estimate of drug-likeness (QED) is 0.606. The van der Waals surface area contributed by atoms with Gasteiger partial charge in [0.15, 0.2) is 0 Å². The lowest BCUT2D eigenvalue weighted by Crippen LogP contribution is -2.49. The van der Waals surface area contributed by atoms with Gasteiger partial charge in [0.2, 0.25) is 0 Å². The number of hydrogen-bond donors (Lipinski definition) is 3. The van der Waals surface area contributed by atoms with Crippen molar-refractivity contribution in [2.24, 2.45) is 0 Å². The third-order valence-electron chi connectivity index (χ3n) is 4.16. The number of rotatable bonds is 2. The summed E-state index contributed by atoms with van der Waals surface area (Å²) in [5.74, 6) is 0. The van der Waals surface area contributed by atoms with Crippen molar-refractivity contribution < 1.29 is 14.5 Å². The van der Waals surface area contributed by atoms with Crippen LogP contribution in [-0.4, -0.2) is 26.1 Å². The Labute approximate surface area is 164 Å². The second kappa shape index (κ2) is 7.23. The molecule has 29 heavy (non-hydrogen) atoms. The Kier molecular flexibility index (Phi) is 4.73.